The number of aromatic nitrogens is 3. The first-order valence-electron chi connectivity index (χ1n) is 8.67. The molecule has 9 nitrogen and oxygen atoms in total. The van der Waals surface area contributed by atoms with Crippen LogP contribution in [0.1, 0.15) is 18.2 Å². The number of aryl methyl sites for hydroxylation is 1. The van der Waals surface area contributed by atoms with E-state index >= 15 is 0 Å². The Morgan fingerprint density at radius 1 is 1.24 bits per heavy atom. The molecule has 2 N–H and O–H groups in total. The number of rotatable bonds is 5. The molecule has 2 aromatic heterocycles. The predicted molar refractivity (Wildman–Crippen MR) is 113 cm³/mol. The molecule has 10 heteroatoms. The first-order valence-corrected chi connectivity index (χ1v) is 9.48. The SMILES string of the molecule is CC(=NNc1nc2ccccc2s1)c1c(C)[nH]n(-c2ccc([N+](=O)[O-])cc2)c1=O. The quantitative estimate of drug-likeness (QED) is 0.296. The standard InChI is InChI=1S/C19H16N6O3S/c1-11(21-22-19-20-15-5-3-4-6-16(15)29-19)17-12(2)23-24(18(17)26)13-7-9-14(10-8-13)25(27)28/h3-10,23H,1-2H3,(H,20,22). The Morgan fingerprint density at radius 3 is 2.66 bits per heavy atom. The lowest BCUT2D eigenvalue weighted by Gasteiger charge is -2.00. The fraction of sp³-hybridized carbons (Fsp3) is 0.105. The van der Waals surface area contributed by atoms with Crippen molar-refractivity contribution in [2.24, 2.45) is 5.10 Å². The van der Waals surface area contributed by atoms with Gasteiger partial charge in [0.25, 0.3) is 11.2 Å². The highest BCUT2D eigenvalue weighted by Crippen LogP contribution is 2.25. The molecule has 146 valence electrons. The van der Waals surface area contributed by atoms with Gasteiger partial charge in [-0.2, -0.15) is 5.10 Å². The largest absolute Gasteiger partial charge is 0.295 e. The lowest BCUT2D eigenvalue weighted by atomic mass is 10.2. The molecule has 0 spiro atoms. The van der Waals surface area contributed by atoms with Crippen LogP contribution in [-0.2, 0) is 0 Å². The van der Waals surface area contributed by atoms with Gasteiger partial charge < -0.3 is 0 Å². The monoisotopic (exact) mass is 408 g/mol. The maximum Gasteiger partial charge on any atom is 0.280 e. The van der Waals surface area contributed by atoms with E-state index < -0.39 is 4.92 Å². The summed E-state index contributed by atoms with van der Waals surface area (Å²) < 4.78 is 2.38. The maximum atomic E-state index is 12.9. The van der Waals surface area contributed by atoms with E-state index in [1.165, 1.54) is 40.3 Å². The molecule has 0 aliphatic rings. The van der Waals surface area contributed by atoms with E-state index in [2.05, 4.69) is 20.6 Å². The summed E-state index contributed by atoms with van der Waals surface area (Å²) in [5.74, 6) is 0. The van der Waals surface area contributed by atoms with Crippen LogP contribution in [0.15, 0.2) is 58.4 Å². The highest BCUT2D eigenvalue weighted by atomic mass is 32.1. The molecule has 2 aromatic carbocycles. The number of para-hydroxylation sites is 1. The molecule has 0 saturated heterocycles. The Hall–Kier alpha value is -3.79. The van der Waals surface area contributed by atoms with Gasteiger partial charge in [0.1, 0.15) is 0 Å². The summed E-state index contributed by atoms with van der Waals surface area (Å²) in [4.78, 5) is 27.7. The average molecular weight is 408 g/mol. The molecule has 4 rings (SSSR count). The normalized spacial score (nSPS) is 11.7. The number of hydrazone groups is 1. The number of fused-ring (bicyclic) bond motifs is 1. The zero-order chi connectivity index (χ0) is 20.5. The van der Waals surface area contributed by atoms with Gasteiger partial charge >= 0.3 is 0 Å². The van der Waals surface area contributed by atoms with Gasteiger partial charge in [0.2, 0.25) is 5.13 Å². The summed E-state index contributed by atoms with van der Waals surface area (Å²) >= 11 is 1.47. The van der Waals surface area contributed by atoms with Crippen molar-refractivity contribution in [3.63, 3.8) is 0 Å². The van der Waals surface area contributed by atoms with Crippen molar-refractivity contribution in [1.29, 1.82) is 0 Å². The second kappa shape index (κ2) is 7.32. The number of benzene rings is 2. The third-order valence-electron chi connectivity index (χ3n) is 4.37. The molecule has 0 radical (unpaired) electrons. The summed E-state index contributed by atoms with van der Waals surface area (Å²) in [6, 6.07) is 13.5. The maximum absolute atomic E-state index is 12.9. The lowest BCUT2D eigenvalue weighted by Crippen LogP contribution is -2.20. The van der Waals surface area contributed by atoms with Gasteiger partial charge in [0.05, 0.1) is 32.1 Å². The average Bonchev–Trinajstić information content (AvgIpc) is 3.26. The zero-order valence-electron chi connectivity index (χ0n) is 15.5. The second-order valence-electron chi connectivity index (χ2n) is 6.32. The van der Waals surface area contributed by atoms with Crippen molar-refractivity contribution in [3.8, 4) is 5.69 Å². The Bertz CT molecular complexity index is 1270. The molecule has 0 amide bonds. The predicted octanol–water partition coefficient (Wildman–Crippen LogP) is 3.83. The summed E-state index contributed by atoms with van der Waals surface area (Å²) in [6.45, 7) is 3.51. The summed E-state index contributed by atoms with van der Waals surface area (Å²) in [5.41, 5.74) is 5.54. The molecule has 2 heterocycles. The highest BCUT2D eigenvalue weighted by molar-refractivity contribution is 7.22. The van der Waals surface area contributed by atoms with Crippen molar-refractivity contribution in [3.05, 3.63) is 80.3 Å². The van der Waals surface area contributed by atoms with E-state index in [-0.39, 0.29) is 11.2 Å². The van der Waals surface area contributed by atoms with Crippen molar-refractivity contribution in [2.75, 3.05) is 5.43 Å². The molecule has 29 heavy (non-hydrogen) atoms. The Morgan fingerprint density at radius 2 is 1.97 bits per heavy atom. The molecule has 4 aromatic rings. The Kier molecular flexibility index (Phi) is 4.69. The molecule has 0 saturated carbocycles. The van der Waals surface area contributed by atoms with E-state index in [1.54, 1.807) is 13.8 Å². The fourth-order valence-corrected chi connectivity index (χ4v) is 3.79. The second-order valence-corrected chi connectivity index (χ2v) is 7.35. The zero-order valence-corrected chi connectivity index (χ0v) is 16.4. The van der Waals surface area contributed by atoms with Crippen LogP contribution in [0, 0.1) is 17.0 Å². The number of H-pyrrole nitrogens is 1. The van der Waals surface area contributed by atoms with Gasteiger partial charge in [-0.15, -0.1) is 0 Å². The molecule has 0 atom stereocenters. The highest BCUT2D eigenvalue weighted by Gasteiger charge is 2.16. The number of hydrogen-bond acceptors (Lipinski definition) is 7. The molecule has 0 fully saturated rings. The van der Waals surface area contributed by atoms with Crippen LogP contribution in [0.5, 0.6) is 0 Å². The molecular formula is C19H16N6O3S. The van der Waals surface area contributed by atoms with E-state index in [4.69, 9.17) is 0 Å². The van der Waals surface area contributed by atoms with Crippen molar-refractivity contribution < 1.29 is 4.92 Å². The lowest BCUT2D eigenvalue weighted by molar-refractivity contribution is -0.384. The van der Waals surface area contributed by atoms with Gasteiger partial charge in [0.15, 0.2) is 0 Å². The fourth-order valence-electron chi connectivity index (χ4n) is 2.99. The number of nitrogens with one attached hydrogen (secondary N) is 2. The summed E-state index contributed by atoms with van der Waals surface area (Å²) in [7, 11) is 0. The van der Waals surface area contributed by atoms with Crippen LogP contribution < -0.4 is 11.0 Å². The van der Waals surface area contributed by atoms with E-state index in [0.717, 1.165) is 10.2 Å². The van der Waals surface area contributed by atoms with Crippen molar-refractivity contribution in [2.45, 2.75) is 13.8 Å². The number of thiazole rings is 1. The first kappa shape index (κ1) is 18.6. The van der Waals surface area contributed by atoms with Gasteiger partial charge in [0, 0.05) is 17.8 Å². The Labute approximate surface area is 168 Å². The van der Waals surface area contributed by atoms with E-state index in [9.17, 15) is 14.9 Å². The minimum Gasteiger partial charge on any atom is -0.295 e. The topological polar surface area (TPSA) is 118 Å². The summed E-state index contributed by atoms with van der Waals surface area (Å²) in [6.07, 6.45) is 0. The molecule has 0 unspecified atom stereocenters. The van der Waals surface area contributed by atoms with Crippen molar-refractivity contribution in [1.82, 2.24) is 14.8 Å². The number of nitrogens with zero attached hydrogens (tertiary/aromatic N) is 4. The third kappa shape index (κ3) is 3.52. The van der Waals surface area contributed by atoms with Crippen LogP contribution in [0.4, 0.5) is 10.8 Å². The van der Waals surface area contributed by atoms with Gasteiger partial charge in [-0.25, -0.2) is 9.67 Å². The number of aromatic amines is 1. The van der Waals surface area contributed by atoms with E-state index in [1.807, 2.05) is 24.3 Å². The van der Waals surface area contributed by atoms with Crippen LogP contribution in [0.3, 0.4) is 0 Å². The van der Waals surface area contributed by atoms with E-state index in [0.29, 0.717) is 27.8 Å². The molecule has 0 bridgehead atoms. The summed E-state index contributed by atoms with van der Waals surface area (Å²) in [5, 5.41) is 18.8. The third-order valence-corrected chi connectivity index (χ3v) is 5.31. The van der Waals surface area contributed by atoms with Crippen LogP contribution in [0.25, 0.3) is 15.9 Å². The first-order chi connectivity index (χ1) is 13.9. The number of nitro benzene ring substituents is 1. The molecule has 0 aliphatic carbocycles. The Balaban J connectivity index is 1.63. The van der Waals surface area contributed by atoms with Crippen LogP contribution in [0.2, 0.25) is 0 Å². The van der Waals surface area contributed by atoms with Gasteiger partial charge in [-0.1, -0.05) is 23.5 Å². The van der Waals surface area contributed by atoms with Gasteiger partial charge in [-0.05, 0) is 38.1 Å². The number of non-ortho nitro benzene ring substituents is 1. The van der Waals surface area contributed by atoms with Crippen LogP contribution >= 0.6 is 11.3 Å². The molecule has 0 aliphatic heterocycles. The minimum absolute atomic E-state index is 0.0388. The van der Waals surface area contributed by atoms with Gasteiger partial charge in [-0.3, -0.25) is 25.4 Å². The number of nitro groups is 1. The molecular weight excluding hydrogens is 392 g/mol. The van der Waals surface area contributed by atoms with Crippen molar-refractivity contribution >= 4 is 38.1 Å². The minimum atomic E-state index is -0.484. The van der Waals surface area contributed by atoms with Crippen LogP contribution in [-0.4, -0.2) is 25.4 Å². The number of hydrogen-bond donors (Lipinski definition) is 2. The smallest absolute Gasteiger partial charge is 0.280 e. The number of anilines is 1.